The molecule has 25 heavy (non-hydrogen) atoms. The highest BCUT2D eigenvalue weighted by Gasteiger charge is 2.31. The number of pyridine rings is 1. The van der Waals surface area contributed by atoms with E-state index in [1.165, 1.54) is 6.33 Å². The molecule has 1 N–H and O–H groups in total. The van der Waals surface area contributed by atoms with Crippen molar-refractivity contribution in [3.05, 3.63) is 48.2 Å². The Kier molecular flexibility index (Phi) is 4.93. The third-order valence-corrected chi connectivity index (χ3v) is 5.91. The van der Waals surface area contributed by atoms with Gasteiger partial charge in [-0.05, 0) is 18.6 Å². The molecule has 1 aliphatic heterocycles. The summed E-state index contributed by atoms with van der Waals surface area (Å²) in [5, 5.41) is 2.76. The van der Waals surface area contributed by atoms with Gasteiger partial charge in [0.2, 0.25) is 0 Å². The number of amides is 1. The van der Waals surface area contributed by atoms with Crippen molar-refractivity contribution < 1.29 is 13.2 Å². The van der Waals surface area contributed by atoms with Gasteiger partial charge in [0.1, 0.15) is 17.8 Å². The molecule has 9 heteroatoms. The molecule has 1 fully saturated rings. The van der Waals surface area contributed by atoms with Gasteiger partial charge in [-0.1, -0.05) is 6.07 Å². The zero-order chi connectivity index (χ0) is 17.9. The van der Waals surface area contributed by atoms with Crippen LogP contribution in [0.4, 0.5) is 5.82 Å². The van der Waals surface area contributed by atoms with Crippen molar-refractivity contribution in [2.45, 2.75) is 19.0 Å². The molecular formula is C16H19N5O3S. The van der Waals surface area contributed by atoms with Gasteiger partial charge in [-0.15, -0.1) is 0 Å². The number of carbonyl (C=O) groups excluding carboxylic acids is 1. The van der Waals surface area contributed by atoms with Crippen LogP contribution >= 0.6 is 0 Å². The molecule has 1 aliphatic rings. The third kappa shape index (κ3) is 4.30. The highest BCUT2D eigenvalue weighted by molar-refractivity contribution is 7.91. The molecular weight excluding hydrogens is 342 g/mol. The molecule has 2 aromatic rings. The van der Waals surface area contributed by atoms with Crippen LogP contribution < -0.4 is 10.2 Å². The van der Waals surface area contributed by atoms with Crippen LogP contribution in [0.25, 0.3) is 0 Å². The van der Waals surface area contributed by atoms with Crippen molar-refractivity contribution in [2.75, 3.05) is 23.5 Å². The molecule has 1 unspecified atom stereocenters. The van der Waals surface area contributed by atoms with Gasteiger partial charge < -0.3 is 10.2 Å². The zero-order valence-electron chi connectivity index (χ0n) is 13.8. The van der Waals surface area contributed by atoms with E-state index in [1.54, 1.807) is 30.3 Å². The molecule has 1 amide bonds. The number of nitrogens with one attached hydrogen (secondary N) is 1. The van der Waals surface area contributed by atoms with Gasteiger partial charge >= 0.3 is 0 Å². The number of carbonyl (C=O) groups is 1. The SMILES string of the molecule is CN(c1cc(C(=O)NCc2ccccn2)ncn1)C1CCS(=O)(=O)C1. The summed E-state index contributed by atoms with van der Waals surface area (Å²) in [4.78, 5) is 26.4. The van der Waals surface area contributed by atoms with Gasteiger partial charge in [0.25, 0.3) is 5.91 Å². The van der Waals surface area contributed by atoms with E-state index in [9.17, 15) is 13.2 Å². The first-order valence-corrected chi connectivity index (χ1v) is 9.70. The van der Waals surface area contributed by atoms with Crippen LogP contribution in [0.3, 0.4) is 0 Å². The normalized spacial score (nSPS) is 18.7. The van der Waals surface area contributed by atoms with E-state index in [-0.39, 0.29) is 29.1 Å². The molecule has 0 radical (unpaired) electrons. The van der Waals surface area contributed by atoms with Crippen LogP contribution in [-0.2, 0) is 16.4 Å². The monoisotopic (exact) mass is 361 g/mol. The second-order valence-corrected chi connectivity index (χ2v) is 8.16. The van der Waals surface area contributed by atoms with Gasteiger partial charge in [-0.3, -0.25) is 9.78 Å². The molecule has 0 bridgehead atoms. The first-order valence-electron chi connectivity index (χ1n) is 7.88. The van der Waals surface area contributed by atoms with E-state index < -0.39 is 9.84 Å². The first-order chi connectivity index (χ1) is 11.9. The van der Waals surface area contributed by atoms with Crippen molar-refractivity contribution in [3.8, 4) is 0 Å². The summed E-state index contributed by atoms with van der Waals surface area (Å²) in [5.41, 5.74) is 0.979. The predicted molar refractivity (Wildman–Crippen MR) is 92.9 cm³/mol. The Balaban J connectivity index is 1.67. The minimum Gasteiger partial charge on any atom is -0.356 e. The first kappa shape index (κ1) is 17.3. The van der Waals surface area contributed by atoms with Gasteiger partial charge in [-0.2, -0.15) is 0 Å². The lowest BCUT2D eigenvalue weighted by Gasteiger charge is -2.24. The van der Waals surface area contributed by atoms with Gasteiger partial charge in [-0.25, -0.2) is 18.4 Å². The largest absolute Gasteiger partial charge is 0.356 e. The number of hydrogen-bond acceptors (Lipinski definition) is 7. The van der Waals surface area contributed by atoms with Crippen LogP contribution in [-0.4, -0.2) is 53.9 Å². The Morgan fingerprint density at radius 1 is 1.32 bits per heavy atom. The summed E-state index contributed by atoms with van der Waals surface area (Å²) in [6.45, 7) is 0.301. The third-order valence-electron chi connectivity index (χ3n) is 4.16. The summed E-state index contributed by atoms with van der Waals surface area (Å²) >= 11 is 0. The quantitative estimate of drug-likeness (QED) is 0.823. The molecule has 0 saturated carbocycles. The number of hydrogen-bond donors (Lipinski definition) is 1. The lowest BCUT2D eigenvalue weighted by molar-refractivity contribution is 0.0945. The van der Waals surface area contributed by atoms with E-state index in [2.05, 4.69) is 20.3 Å². The van der Waals surface area contributed by atoms with Crippen LogP contribution in [0.1, 0.15) is 22.6 Å². The topological polar surface area (TPSA) is 105 Å². The van der Waals surface area contributed by atoms with Gasteiger partial charge in [0, 0.05) is 25.4 Å². The van der Waals surface area contributed by atoms with Crippen molar-refractivity contribution in [1.29, 1.82) is 0 Å². The summed E-state index contributed by atoms with van der Waals surface area (Å²) in [7, 11) is -1.20. The van der Waals surface area contributed by atoms with E-state index in [4.69, 9.17) is 0 Å². The second-order valence-electron chi connectivity index (χ2n) is 5.93. The average Bonchev–Trinajstić information content (AvgIpc) is 3.00. The number of anilines is 1. The molecule has 1 saturated heterocycles. The molecule has 8 nitrogen and oxygen atoms in total. The highest BCUT2D eigenvalue weighted by atomic mass is 32.2. The highest BCUT2D eigenvalue weighted by Crippen LogP contribution is 2.21. The van der Waals surface area contributed by atoms with Crippen molar-refractivity contribution in [1.82, 2.24) is 20.3 Å². The fourth-order valence-corrected chi connectivity index (χ4v) is 4.47. The minimum atomic E-state index is -2.99. The Labute approximate surface area is 146 Å². The Hall–Kier alpha value is -2.55. The van der Waals surface area contributed by atoms with Crippen LogP contribution in [0, 0.1) is 0 Å². The molecule has 3 heterocycles. The molecule has 1 atom stereocenters. The smallest absolute Gasteiger partial charge is 0.270 e. The van der Waals surface area contributed by atoms with E-state index in [1.807, 2.05) is 12.1 Å². The Bertz CT molecular complexity index is 857. The molecule has 132 valence electrons. The maximum Gasteiger partial charge on any atom is 0.270 e. The molecule has 2 aromatic heterocycles. The summed E-state index contributed by atoms with van der Waals surface area (Å²) in [6.07, 6.45) is 3.53. The fraction of sp³-hybridized carbons (Fsp3) is 0.375. The number of nitrogens with zero attached hydrogens (tertiary/aromatic N) is 4. The maximum absolute atomic E-state index is 12.3. The minimum absolute atomic E-state index is 0.106. The van der Waals surface area contributed by atoms with E-state index >= 15 is 0 Å². The number of rotatable bonds is 5. The van der Waals surface area contributed by atoms with Crippen LogP contribution in [0.15, 0.2) is 36.8 Å². The predicted octanol–water partition coefficient (Wildman–Crippen LogP) is 0.425. The maximum atomic E-state index is 12.3. The van der Waals surface area contributed by atoms with Gasteiger partial charge in [0.05, 0.1) is 23.7 Å². The molecule has 3 rings (SSSR count). The lowest BCUT2D eigenvalue weighted by Crippen LogP contribution is -2.33. The zero-order valence-corrected chi connectivity index (χ0v) is 14.6. The summed E-state index contributed by atoms with van der Waals surface area (Å²) < 4.78 is 23.3. The van der Waals surface area contributed by atoms with Crippen LogP contribution in [0.2, 0.25) is 0 Å². The molecule has 0 aromatic carbocycles. The van der Waals surface area contributed by atoms with E-state index in [0.717, 1.165) is 5.69 Å². The van der Waals surface area contributed by atoms with Crippen molar-refractivity contribution in [3.63, 3.8) is 0 Å². The van der Waals surface area contributed by atoms with E-state index in [0.29, 0.717) is 18.8 Å². The summed E-state index contributed by atoms with van der Waals surface area (Å²) in [6, 6.07) is 6.91. The summed E-state index contributed by atoms with van der Waals surface area (Å²) in [5.74, 6) is 0.487. The second kappa shape index (κ2) is 7.14. The number of aromatic nitrogens is 3. The lowest BCUT2D eigenvalue weighted by atomic mass is 10.2. The van der Waals surface area contributed by atoms with Crippen LogP contribution in [0.5, 0.6) is 0 Å². The molecule has 0 spiro atoms. The number of sulfone groups is 1. The fourth-order valence-electron chi connectivity index (χ4n) is 2.70. The average molecular weight is 361 g/mol. The molecule has 0 aliphatic carbocycles. The Morgan fingerprint density at radius 3 is 2.84 bits per heavy atom. The Morgan fingerprint density at radius 2 is 2.16 bits per heavy atom. The van der Waals surface area contributed by atoms with Crippen molar-refractivity contribution >= 4 is 21.6 Å². The van der Waals surface area contributed by atoms with Gasteiger partial charge in [0.15, 0.2) is 9.84 Å². The van der Waals surface area contributed by atoms with Crippen molar-refractivity contribution in [2.24, 2.45) is 0 Å². The standard InChI is InChI=1S/C16H19N5O3S/c1-21(13-5-7-25(23,24)10-13)15-8-14(19-11-20-15)16(22)18-9-12-4-2-3-6-17-12/h2-4,6,8,11,13H,5,7,9-10H2,1H3,(H,18,22).